The summed E-state index contributed by atoms with van der Waals surface area (Å²) in [6, 6.07) is 11.9. The minimum atomic E-state index is -0.421. The van der Waals surface area contributed by atoms with Crippen LogP contribution in [0.2, 0.25) is 0 Å². The molecule has 2 saturated heterocycles. The van der Waals surface area contributed by atoms with Crippen LogP contribution in [0.15, 0.2) is 48.5 Å². The van der Waals surface area contributed by atoms with Gasteiger partial charge >= 0.3 is 6.03 Å². The first-order valence-electron chi connectivity index (χ1n) is 11.1. The molecule has 0 aliphatic carbocycles. The molecule has 0 saturated carbocycles. The van der Waals surface area contributed by atoms with Crippen LogP contribution < -0.4 is 5.32 Å². The Morgan fingerprint density at radius 2 is 1.44 bits per heavy atom. The van der Waals surface area contributed by atoms with Crippen LogP contribution in [-0.4, -0.2) is 65.5 Å². The molecule has 2 aliphatic heterocycles. The topological polar surface area (TPSA) is 55.9 Å². The summed E-state index contributed by atoms with van der Waals surface area (Å²) in [5.74, 6) is -0.757. The minimum Gasteiger partial charge on any atom is -0.326 e. The van der Waals surface area contributed by atoms with Crippen molar-refractivity contribution < 1.29 is 18.4 Å². The summed E-state index contributed by atoms with van der Waals surface area (Å²) in [5.41, 5.74) is 1.87. The molecule has 2 aliphatic rings. The van der Waals surface area contributed by atoms with Gasteiger partial charge in [-0.25, -0.2) is 18.5 Å². The number of nitrogens with zero attached hydrogens (tertiary/aromatic N) is 3. The Hall–Kier alpha value is -2.84. The molecule has 8 heteroatoms. The Bertz CT molecular complexity index is 898. The zero-order chi connectivity index (χ0) is 22.7. The first-order chi connectivity index (χ1) is 15.5. The maximum Gasteiger partial charge on any atom is 0.325 e. The molecular formula is C24H28F2N4O2. The molecule has 0 bridgehead atoms. The highest BCUT2D eigenvalue weighted by Gasteiger charge is 2.38. The van der Waals surface area contributed by atoms with Crippen LogP contribution in [0.25, 0.3) is 0 Å². The van der Waals surface area contributed by atoms with E-state index in [4.69, 9.17) is 0 Å². The Morgan fingerprint density at radius 1 is 0.906 bits per heavy atom. The lowest BCUT2D eigenvalue weighted by molar-refractivity contribution is -0.129. The van der Waals surface area contributed by atoms with E-state index in [1.54, 1.807) is 24.3 Å². The lowest BCUT2D eigenvalue weighted by atomic mass is 9.96. The van der Waals surface area contributed by atoms with Gasteiger partial charge in [0.15, 0.2) is 0 Å². The smallest absolute Gasteiger partial charge is 0.325 e. The van der Waals surface area contributed by atoms with E-state index >= 15 is 0 Å². The third-order valence-corrected chi connectivity index (χ3v) is 6.17. The van der Waals surface area contributed by atoms with Gasteiger partial charge in [-0.1, -0.05) is 37.6 Å². The number of benzene rings is 2. The third-order valence-electron chi connectivity index (χ3n) is 6.17. The highest BCUT2D eigenvalue weighted by atomic mass is 19.1. The molecule has 1 atom stereocenters. The molecule has 1 N–H and O–H groups in total. The number of carbonyl (C=O) groups is 2. The van der Waals surface area contributed by atoms with Gasteiger partial charge in [0.2, 0.25) is 0 Å². The first-order valence-corrected chi connectivity index (χ1v) is 11.1. The largest absolute Gasteiger partial charge is 0.326 e. The van der Waals surface area contributed by atoms with E-state index in [-0.39, 0.29) is 36.3 Å². The van der Waals surface area contributed by atoms with Gasteiger partial charge in [-0.05, 0) is 41.8 Å². The van der Waals surface area contributed by atoms with Gasteiger partial charge in [-0.3, -0.25) is 14.6 Å². The molecule has 0 radical (unpaired) electrons. The Labute approximate surface area is 186 Å². The first kappa shape index (κ1) is 22.4. The van der Waals surface area contributed by atoms with E-state index in [0.29, 0.717) is 32.6 Å². The number of amides is 3. The van der Waals surface area contributed by atoms with Crippen LogP contribution in [-0.2, 0) is 4.79 Å². The molecule has 170 valence electrons. The summed E-state index contributed by atoms with van der Waals surface area (Å²) in [6.45, 7) is 5.00. The molecule has 0 spiro atoms. The number of hydrogen-bond donors (Lipinski definition) is 1. The number of carbonyl (C=O) groups excluding carboxylic acids is 2. The summed E-state index contributed by atoms with van der Waals surface area (Å²) in [5, 5.41) is 2.76. The molecule has 2 aromatic rings. The lowest BCUT2D eigenvalue weighted by Gasteiger charge is -2.40. The van der Waals surface area contributed by atoms with Gasteiger partial charge < -0.3 is 5.32 Å². The van der Waals surface area contributed by atoms with Gasteiger partial charge in [-0.2, -0.15) is 0 Å². The van der Waals surface area contributed by atoms with Crippen molar-refractivity contribution in [2.24, 2.45) is 0 Å². The molecule has 3 amide bonds. The average molecular weight is 443 g/mol. The number of urea groups is 1. The van der Waals surface area contributed by atoms with E-state index < -0.39 is 6.04 Å². The zero-order valence-corrected chi connectivity index (χ0v) is 18.1. The van der Waals surface area contributed by atoms with E-state index in [1.807, 2.05) is 6.92 Å². The number of hydrogen-bond acceptors (Lipinski definition) is 4. The maximum absolute atomic E-state index is 13.5. The van der Waals surface area contributed by atoms with Crippen LogP contribution in [0.3, 0.4) is 0 Å². The van der Waals surface area contributed by atoms with Crippen molar-refractivity contribution in [3.05, 3.63) is 71.3 Å². The van der Waals surface area contributed by atoms with Gasteiger partial charge in [0.05, 0.1) is 12.7 Å². The molecule has 32 heavy (non-hydrogen) atoms. The Morgan fingerprint density at radius 3 is 1.94 bits per heavy atom. The maximum atomic E-state index is 13.5. The molecule has 0 unspecified atom stereocenters. The number of nitrogens with one attached hydrogen (secondary N) is 1. The second-order valence-electron chi connectivity index (χ2n) is 8.36. The van der Waals surface area contributed by atoms with Crippen molar-refractivity contribution in [1.82, 2.24) is 20.0 Å². The molecular weight excluding hydrogens is 414 g/mol. The highest BCUT2D eigenvalue weighted by molar-refractivity contribution is 6.04. The number of rotatable bonds is 7. The van der Waals surface area contributed by atoms with Gasteiger partial charge in [0, 0.05) is 26.2 Å². The van der Waals surface area contributed by atoms with Crippen molar-refractivity contribution in [1.29, 1.82) is 0 Å². The Kier molecular flexibility index (Phi) is 6.81. The highest BCUT2D eigenvalue weighted by Crippen LogP contribution is 2.30. The fraction of sp³-hybridized carbons (Fsp3) is 0.417. The van der Waals surface area contributed by atoms with Crippen LogP contribution in [0.4, 0.5) is 13.6 Å². The van der Waals surface area contributed by atoms with Crippen molar-refractivity contribution in [2.75, 3.05) is 32.8 Å². The van der Waals surface area contributed by atoms with E-state index in [0.717, 1.165) is 17.5 Å². The summed E-state index contributed by atoms with van der Waals surface area (Å²) < 4.78 is 27.0. The SMILES string of the molecule is CCC[C@H]1NC(=O)N(CN2CCN(C(c3ccc(F)cc3)c3ccc(F)cc3)CC2)C1=O. The van der Waals surface area contributed by atoms with Crippen LogP contribution in [0.1, 0.15) is 36.9 Å². The zero-order valence-electron chi connectivity index (χ0n) is 18.1. The van der Waals surface area contributed by atoms with Gasteiger partial charge in [-0.15, -0.1) is 0 Å². The van der Waals surface area contributed by atoms with Crippen LogP contribution in [0.5, 0.6) is 0 Å². The summed E-state index contributed by atoms with van der Waals surface area (Å²) in [4.78, 5) is 30.4. The average Bonchev–Trinajstić information content (AvgIpc) is 3.05. The quantitative estimate of drug-likeness (QED) is 0.669. The molecule has 2 heterocycles. The van der Waals surface area contributed by atoms with Crippen molar-refractivity contribution >= 4 is 11.9 Å². The predicted molar refractivity (Wildman–Crippen MR) is 117 cm³/mol. The summed E-state index contributed by atoms with van der Waals surface area (Å²) in [6.07, 6.45) is 1.48. The monoisotopic (exact) mass is 442 g/mol. The number of imide groups is 1. The Balaban J connectivity index is 1.44. The molecule has 2 fully saturated rings. The van der Waals surface area contributed by atoms with E-state index in [2.05, 4.69) is 15.1 Å². The van der Waals surface area contributed by atoms with E-state index in [9.17, 15) is 18.4 Å². The second kappa shape index (κ2) is 9.75. The predicted octanol–water partition coefficient (Wildman–Crippen LogP) is 3.35. The number of piperazine rings is 1. The molecule has 0 aromatic heterocycles. The van der Waals surface area contributed by atoms with Crippen molar-refractivity contribution in [2.45, 2.75) is 31.8 Å². The standard InChI is InChI=1S/C24H28F2N4O2/c1-2-3-21-23(31)30(24(32)27-21)16-28-12-14-29(15-13-28)22(17-4-8-19(25)9-5-17)18-6-10-20(26)11-7-18/h4-11,21-22H,2-3,12-16H2,1H3,(H,27,32)/t21-/m1/s1. The van der Waals surface area contributed by atoms with Gasteiger partial charge in [0.1, 0.15) is 17.7 Å². The molecule has 6 nitrogen and oxygen atoms in total. The second-order valence-corrected chi connectivity index (χ2v) is 8.36. The molecule has 2 aromatic carbocycles. The van der Waals surface area contributed by atoms with Crippen LogP contribution >= 0.6 is 0 Å². The normalized spacial score (nSPS) is 20.2. The fourth-order valence-corrected chi connectivity index (χ4v) is 4.46. The van der Waals surface area contributed by atoms with Crippen molar-refractivity contribution in [3.63, 3.8) is 0 Å². The number of halogens is 2. The fourth-order valence-electron chi connectivity index (χ4n) is 4.46. The van der Waals surface area contributed by atoms with Gasteiger partial charge in [0.25, 0.3) is 5.91 Å². The van der Waals surface area contributed by atoms with E-state index in [1.165, 1.54) is 29.2 Å². The molecule has 4 rings (SSSR count). The van der Waals surface area contributed by atoms with Crippen molar-refractivity contribution in [3.8, 4) is 0 Å². The third kappa shape index (κ3) is 4.81. The lowest BCUT2D eigenvalue weighted by Crippen LogP contribution is -2.52. The minimum absolute atomic E-state index is 0.135. The summed E-state index contributed by atoms with van der Waals surface area (Å²) >= 11 is 0. The summed E-state index contributed by atoms with van der Waals surface area (Å²) in [7, 11) is 0. The van der Waals surface area contributed by atoms with Crippen LogP contribution in [0, 0.1) is 11.6 Å².